The molecular weight excluding hydrogens is 252 g/mol. The second-order valence-electron chi connectivity index (χ2n) is 5.66. The first-order valence-corrected chi connectivity index (χ1v) is 7.55. The van der Waals surface area contributed by atoms with E-state index in [1.165, 1.54) is 12.0 Å². The molecule has 20 heavy (non-hydrogen) atoms. The van der Waals surface area contributed by atoms with Crippen molar-refractivity contribution in [1.29, 1.82) is 0 Å². The summed E-state index contributed by atoms with van der Waals surface area (Å²) < 4.78 is 5.72. The van der Waals surface area contributed by atoms with Crippen LogP contribution in [0.15, 0.2) is 6.33 Å². The van der Waals surface area contributed by atoms with Gasteiger partial charge in [-0.3, -0.25) is 0 Å². The fraction of sp³-hybridized carbons (Fsp3) is 0.733. The number of nitrogens with zero attached hydrogens (tertiary/aromatic N) is 3. The number of hydrogen-bond donors (Lipinski definition) is 1. The molecule has 1 fully saturated rings. The Bertz CT molecular complexity index is 430. The van der Waals surface area contributed by atoms with Crippen LogP contribution in [0, 0.1) is 0 Å². The molecule has 1 aromatic rings. The van der Waals surface area contributed by atoms with Crippen LogP contribution in [0.4, 0.5) is 11.6 Å². The molecule has 1 aliphatic rings. The van der Waals surface area contributed by atoms with Crippen LogP contribution in [0.2, 0.25) is 0 Å². The van der Waals surface area contributed by atoms with E-state index < -0.39 is 0 Å². The highest BCUT2D eigenvalue weighted by Gasteiger charge is 2.22. The molecule has 1 aliphatic heterocycles. The fourth-order valence-corrected chi connectivity index (χ4v) is 2.71. The molecule has 0 saturated carbocycles. The average molecular weight is 278 g/mol. The number of aromatic nitrogens is 2. The van der Waals surface area contributed by atoms with Crippen LogP contribution >= 0.6 is 0 Å². The van der Waals surface area contributed by atoms with Gasteiger partial charge in [0.05, 0.1) is 6.10 Å². The Morgan fingerprint density at radius 1 is 1.45 bits per heavy atom. The molecule has 1 N–H and O–H groups in total. The highest BCUT2D eigenvalue weighted by atomic mass is 16.5. The summed E-state index contributed by atoms with van der Waals surface area (Å²) in [6.07, 6.45) is 4.29. The smallest absolute Gasteiger partial charge is 0.137 e. The van der Waals surface area contributed by atoms with Crippen molar-refractivity contribution < 1.29 is 4.74 Å². The molecule has 0 amide bonds. The summed E-state index contributed by atoms with van der Waals surface area (Å²) in [5.41, 5.74) is 1.19. The van der Waals surface area contributed by atoms with Crippen LogP contribution in [0.25, 0.3) is 0 Å². The number of hydrogen-bond acceptors (Lipinski definition) is 5. The van der Waals surface area contributed by atoms with Gasteiger partial charge in [0.1, 0.15) is 18.0 Å². The quantitative estimate of drug-likeness (QED) is 0.867. The lowest BCUT2D eigenvalue weighted by molar-refractivity contribution is 0.116. The molecule has 0 aliphatic carbocycles. The molecule has 1 atom stereocenters. The molecule has 2 heterocycles. The first-order valence-electron chi connectivity index (χ1n) is 7.55. The van der Waals surface area contributed by atoms with Crippen molar-refractivity contribution in [1.82, 2.24) is 9.97 Å². The van der Waals surface area contributed by atoms with E-state index in [2.05, 4.69) is 48.0 Å². The zero-order valence-electron chi connectivity index (χ0n) is 13.0. The predicted molar refractivity (Wildman–Crippen MR) is 82.5 cm³/mol. The highest BCUT2D eigenvalue weighted by Crippen LogP contribution is 2.30. The van der Waals surface area contributed by atoms with E-state index in [1.807, 2.05) is 0 Å². The molecule has 2 rings (SSSR count). The van der Waals surface area contributed by atoms with Gasteiger partial charge in [0, 0.05) is 32.3 Å². The predicted octanol–water partition coefficient (Wildman–Crippen LogP) is 2.65. The van der Waals surface area contributed by atoms with E-state index in [0.29, 0.717) is 12.0 Å². The van der Waals surface area contributed by atoms with Crippen molar-refractivity contribution in [3.8, 4) is 0 Å². The third-order valence-electron chi connectivity index (χ3n) is 3.65. The maximum absolute atomic E-state index is 5.72. The second-order valence-corrected chi connectivity index (χ2v) is 5.66. The van der Waals surface area contributed by atoms with Gasteiger partial charge in [-0.25, -0.2) is 9.97 Å². The van der Waals surface area contributed by atoms with Crippen molar-refractivity contribution in [3.05, 3.63) is 11.9 Å². The van der Waals surface area contributed by atoms with Gasteiger partial charge in [-0.2, -0.15) is 0 Å². The molecular formula is C15H26N4O. The number of anilines is 2. The second kappa shape index (κ2) is 6.88. The van der Waals surface area contributed by atoms with Crippen molar-refractivity contribution in [3.63, 3.8) is 0 Å². The van der Waals surface area contributed by atoms with Gasteiger partial charge in [-0.1, -0.05) is 13.8 Å². The molecule has 0 spiro atoms. The molecule has 0 bridgehead atoms. The molecule has 5 nitrogen and oxygen atoms in total. The minimum Gasteiger partial charge on any atom is -0.376 e. The van der Waals surface area contributed by atoms with Gasteiger partial charge in [-0.05, 0) is 25.7 Å². The maximum Gasteiger partial charge on any atom is 0.137 e. The van der Waals surface area contributed by atoms with Crippen LogP contribution in [0.5, 0.6) is 0 Å². The van der Waals surface area contributed by atoms with Crippen LogP contribution in [-0.2, 0) is 4.74 Å². The summed E-state index contributed by atoms with van der Waals surface area (Å²) in [5, 5.41) is 3.34. The van der Waals surface area contributed by atoms with E-state index in [-0.39, 0.29) is 0 Å². The van der Waals surface area contributed by atoms with Crippen LogP contribution in [0.1, 0.15) is 45.1 Å². The average Bonchev–Trinajstić information content (AvgIpc) is 2.91. The molecule has 112 valence electrons. The van der Waals surface area contributed by atoms with E-state index in [1.54, 1.807) is 6.33 Å². The Labute approximate surface area is 121 Å². The third-order valence-corrected chi connectivity index (χ3v) is 3.65. The topological polar surface area (TPSA) is 50.3 Å². The normalized spacial score (nSPS) is 18.6. The summed E-state index contributed by atoms with van der Waals surface area (Å²) in [6, 6.07) is 0. The van der Waals surface area contributed by atoms with Crippen molar-refractivity contribution in [2.24, 2.45) is 0 Å². The van der Waals surface area contributed by atoms with Crippen molar-refractivity contribution in [2.75, 3.05) is 37.0 Å². The van der Waals surface area contributed by atoms with Crippen LogP contribution in [-0.4, -0.2) is 42.8 Å². The Balaban J connectivity index is 2.22. The minimum atomic E-state index is 0.331. The van der Waals surface area contributed by atoms with Gasteiger partial charge in [0.2, 0.25) is 0 Å². The molecule has 5 heteroatoms. The summed E-state index contributed by atoms with van der Waals surface area (Å²) in [6.45, 7) is 9.10. The SMILES string of the molecule is CCNc1ncnc(N(C)CC2CCCO2)c1C(C)C. The molecule has 0 radical (unpaired) electrons. The lowest BCUT2D eigenvalue weighted by atomic mass is 10.0. The zero-order chi connectivity index (χ0) is 14.5. The fourth-order valence-electron chi connectivity index (χ4n) is 2.71. The lowest BCUT2D eigenvalue weighted by Gasteiger charge is -2.26. The summed E-state index contributed by atoms with van der Waals surface area (Å²) in [4.78, 5) is 11.1. The Hall–Kier alpha value is -1.36. The van der Waals surface area contributed by atoms with Crippen molar-refractivity contribution in [2.45, 2.75) is 45.6 Å². The van der Waals surface area contributed by atoms with E-state index in [4.69, 9.17) is 4.74 Å². The first kappa shape index (κ1) is 15.0. The maximum atomic E-state index is 5.72. The summed E-state index contributed by atoms with van der Waals surface area (Å²) in [5.74, 6) is 2.35. The molecule has 0 aromatic carbocycles. The Morgan fingerprint density at radius 2 is 2.25 bits per heavy atom. The monoisotopic (exact) mass is 278 g/mol. The molecule has 1 saturated heterocycles. The zero-order valence-corrected chi connectivity index (χ0v) is 13.0. The van der Waals surface area contributed by atoms with Gasteiger partial charge in [0.15, 0.2) is 0 Å². The van der Waals surface area contributed by atoms with Crippen molar-refractivity contribution >= 4 is 11.6 Å². The first-order chi connectivity index (χ1) is 9.63. The summed E-state index contributed by atoms with van der Waals surface area (Å²) >= 11 is 0. The van der Waals surface area contributed by atoms with Crippen LogP contribution in [0.3, 0.4) is 0 Å². The highest BCUT2D eigenvalue weighted by molar-refractivity contribution is 5.60. The Kier molecular flexibility index (Phi) is 5.17. The number of ether oxygens (including phenoxy) is 1. The Morgan fingerprint density at radius 3 is 2.85 bits per heavy atom. The molecule has 1 aromatic heterocycles. The number of nitrogens with one attached hydrogen (secondary N) is 1. The van der Waals surface area contributed by atoms with Gasteiger partial charge in [0.25, 0.3) is 0 Å². The van der Waals surface area contributed by atoms with E-state index >= 15 is 0 Å². The molecule has 1 unspecified atom stereocenters. The number of rotatable bonds is 6. The van der Waals surface area contributed by atoms with Gasteiger partial charge < -0.3 is 15.0 Å². The largest absolute Gasteiger partial charge is 0.376 e. The summed E-state index contributed by atoms with van der Waals surface area (Å²) in [7, 11) is 2.09. The van der Waals surface area contributed by atoms with Gasteiger partial charge >= 0.3 is 0 Å². The third kappa shape index (κ3) is 3.39. The number of likely N-dealkylation sites (N-methyl/N-ethyl adjacent to an activating group) is 1. The van der Waals surface area contributed by atoms with Crippen LogP contribution < -0.4 is 10.2 Å². The van der Waals surface area contributed by atoms with E-state index in [9.17, 15) is 0 Å². The van der Waals surface area contributed by atoms with E-state index in [0.717, 1.165) is 37.8 Å². The lowest BCUT2D eigenvalue weighted by Crippen LogP contribution is -2.30. The minimum absolute atomic E-state index is 0.331. The standard InChI is InChI=1S/C15H26N4O/c1-5-16-14-13(11(2)3)15(18-10-17-14)19(4)9-12-7-6-8-20-12/h10-12H,5-9H2,1-4H3,(H,16,17,18). The van der Waals surface area contributed by atoms with Gasteiger partial charge in [-0.15, -0.1) is 0 Å².